The summed E-state index contributed by atoms with van der Waals surface area (Å²) >= 11 is 0. The number of nitrogens with zero attached hydrogens (tertiary/aromatic N) is 4. The average Bonchev–Trinajstić information content (AvgIpc) is 2.37. The fraction of sp³-hybridized carbons (Fsp3) is 0.385. The molecule has 0 aliphatic carbocycles. The van der Waals surface area contributed by atoms with Crippen LogP contribution < -0.4 is 4.74 Å². The summed E-state index contributed by atoms with van der Waals surface area (Å²) < 4.78 is 5.46. The third-order valence-electron chi connectivity index (χ3n) is 2.36. The molecule has 0 N–H and O–H groups in total. The molecule has 94 valence electrons. The molecular formula is C13H16N4O. The first-order chi connectivity index (χ1) is 8.55. The Kier molecular flexibility index (Phi) is 3.50. The highest BCUT2D eigenvalue weighted by Gasteiger charge is 2.15. The van der Waals surface area contributed by atoms with E-state index in [2.05, 4.69) is 40.7 Å². The molecule has 2 heterocycles. The van der Waals surface area contributed by atoms with E-state index in [1.54, 1.807) is 30.9 Å². The lowest BCUT2D eigenvalue weighted by molar-refractivity contribution is 0.282. The van der Waals surface area contributed by atoms with Gasteiger partial charge in [-0.05, 0) is 6.07 Å². The van der Waals surface area contributed by atoms with Crippen LogP contribution in [0.1, 0.15) is 32.3 Å². The van der Waals surface area contributed by atoms with E-state index in [-0.39, 0.29) is 5.41 Å². The second kappa shape index (κ2) is 5.08. The molecular weight excluding hydrogens is 228 g/mol. The van der Waals surface area contributed by atoms with Gasteiger partial charge in [-0.2, -0.15) is 0 Å². The van der Waals surface area contributed by atoms with Gasteiger partial charge in [-0.1, -0.05) is 20.8 Å². The molecule has 0 spiro atoms. The van der Waals surface area contributed by atoms with Crippen molar-refractivity contribution in [2.24, 2.45) is 0 Å². The van der Waals surface area contributed by atoms with Crippen LogP contribution in [0.3, 0.4) is 0 Å². The molecule has 0 amide bonds. The van der Waals surface area contributed by atoms with Crippen molar-refractivity contribution in [1.82, 2.24) is 19.9 Å². The maximum Gasteiger partial charge on any atom is 0.232 e. The molecule has 0 aliphatic heterocycles. The Morgan fingerprint density at radius 2 is 1.72 bits per heavy atom. The van der Waals surface area contributed by atoms with E-state index in [1.807, 2.05) is 0 Å². The zero-order chi connectivity index (χ0) is 13.0. The summed E-state index contributed by atoms with van der Waals surface area (Å²) in [5, 5.41) is 0. The van der Waals surface area contributed by atoms with Gasteiger partial charge in [-0.25, -0.2) is 15.0 Å². The lowest BCUT2D eigenvalue weighted by atomic mass is 9.93. The van der Waals surface area contributed by atoms with Crippen molar-refractivity contribution in [3.05, 3.63) is 42.4 Å². The summed E-state index contributed by atoms with van der Waals surface area (Å²) in [6, 6.07) is 1.77. The van der Waals surface area contributed by atoms with E-state index in [4.69, 9.17) is 4.74 Å². The lowest BCUT2D eigenvalue weighted by Crippen LogP contribution is -2.14. The number of hydrogen-bond acceptors (Lipinski definition) is 5. The van der Waals surface area contributed by atoms with Gasteiger partial charge in [-0.3, -0.25) is 4.98 Å². The summed E-state index contributed by atoms with van der Waals surface area (Å²) in [6.07, 6.45) is 6.73. The van der Waals surface area contributed by atoms with E-state index in [0.717, 1.165) is 5.69 Å². The van der Waals surface area contributed by atoms with Gasteiger partial charge in [0.05, 0.1) is 18.1 Å². The van der Waals surface area contributed by atoms with Gasteiger partial charge in [0, 0.05) is 17.8 Å². The molecule has 2 aromatic heterocycles. The minimum absolute atomic E-state index is 0.00588. The van der Waals surface area contributed by atoms with Crippen LogP contribution in [0.5, 0.6) is 5.88 Å². The predicted molar refractivity (Wildman–Crippen MR) is 67.1 cm³/mol. The molecule has 2 rings (SSSR count). The Labute approximate surface area is 106 Å². The minimum atomic E-state index is -0.00588. The quantitative estimate of drug-likeness (QED) is 0.827. The Balaban J connectivity index is 1.99. The Bertz CT molecular complexity index is 491. The smallest absolute Gasteiger partial charge is 0.232 e. The highest BCUT2D eigenvalue weighted by Crippen LogP contribution is 2.19. The molecule has 0 saturated heterocycles. The van der Waals surface area contributed by atoms with Crippen LogP contribution in [0.15, 0.2) is 30.9 Å². The van der Waals surface area contributed by atoms with Crippen LogP contribution in [0.2, 0.25) is 0 Å². The Morgan fingerprint density at radius 3 is 2.28 bits per heavy atom. The zero-order valence-electron chi connectivity index (χ0n) is 10.8. The molecule has 0 radical (unpaired) electrons. The van der Waals surface area contributed by atoms with Gasteiger partial charge in [-0.15, -0.1) is 0 Å². The topological polar surface area (TPSA) is 60.8 Å². The van der Waals surface area contributed by atoms with Gasteiger partial charge < -0.3 is 4.74 Å². The normalized spacial score (nSPS) is 11.3. The van der Waals surface area contributed by atoms with E-state index in [0.29, 0.717) is 18.3 Å². The Morgan fingerprint density at radius 1 is 1.00 bits per heavy atom. The van der Waals surface area contributed by atoms with Crippen molar-refractivity contribution in [2.45, 2.75) is 32.8 Å². The van der Waals surface area contributed by atoms with Crippen molar-refractivity contribution in [2.75, 3.05) is 0 Å². The monoisotopic (exact) mass is 244 g/mol. The van der Waals surface area contributed by atoms with Crippen molar-refractivity contribution >= 4 is 0 Å². The number of rotatable bonds is 3. The summed E-state index contributed by atoms with van der Waals surface area (Å²) in [6.45, 7) is 6.57. The number of aromatic nitrogens is 4. The van der Waals surface area contributed by atoms with Crippen molar-refractivity contribution in [1.29, 1.82) is 0 Å². The standard InChI is InChI=1S/C13H16N4O/c1-13(2,3)10-7-17-12(8-16-10)18-9-11-14-5-4-6-15-11/h4-8H,9H2,1-3H3. The van der Waals surface area contributed by atoms with Crippen molar-refractivity contribution < 1.29 is 4.74 Å². The molecule has 0 fully saturated rings. The fourth-order valence-corrected chi connectivity index (χ4v) is 1.32. The molecule has 0 aliphatic rings. The van der Waals surface area contributed by atoms with Crippen molar-refractivity contribution in [3.63, 3.8) is 0 Å². The van der Waals surface area contributed by atoms with E-state index < -0.39 is 0 Å². The summed E-state index contributed by atoms with van der Waals surface area (Å²) in [5.74, 6) is 1.11. The SMILES string of the molecule is CC(C)(C)c1cnc(OCc2ncccn2)cn1. The molecule has 0 unspecified atom stereocenters. The number of hydrogen-bond donors (Lipinski definition) is 0. The first-order valence-electron chi connectivity index (χ1n) is 5.77. The van der Waals surface area contributed by atoms with Crippen LogP contribution >= 0.6 is 0 Å². The van der Waals surface area contributed by atoms with Crippen LogP contribution in [-0.4, -0.2) is 19.9 Å². The van der Waals surface area contributed by atoms with Gasteiger partial charge in [0.2, 0.25) is 5.88 Å². The number of ether oxygens (including phenoxy) is 1. The summed E-state index contributed by atoms with van der Waals surface area (Å²) in [4.78, 5) is 16.7. The van der Waals surface area contributed by atoms with Crippen LogP contribution in [0, 0.1) is 0 Å². The van der Waals surface area contributed by atoms with E-state index in [9.17, 15) is 0 Å². The third-order valence-corrected chi connectivity index (χ3v) is 2.36. The van der Waals surface area contributed by atoms with Crippen LogP contribution in [0.4, 0.5) is 0 Å². The van der Waals surface area contributed by atoms with E-state index in [1.165, 1.54) is 0 Å². The van der Waals surface area contributed by atoms with E-state index >= 15 is 0 Å². The molecule has 5 nitrogen and oxygen atoms in total. The third kappa shape index (κ3) is 3.23. The largest absolute Gasteiger partial charge is 0.468 e. The minimum Gasteiger partial charge on any atom is -0.468 e. The Hall–Kier alpha value is -2.04. The maximum atomic E-state index is 5.46. The van der Waals surface area contributed by atoms with Gasteiger partial charge in [0.25, 0.3) is 0 Å². The summed E-state index contributed by atoms with van der Waals surface area (Å²) in [7, 11) is 0. The molecule has 18 heavy (non-hydrogen) atoms. The van der Waals surface area contributed by atoms with Crippen LogP contribution in [0.25, 0.3) is 0 Å². The molecule has 2 aromatic rings. The highest BCUT2D eigenvalue weighted by molar-refractivity contribution is 5.13. The predicted octanol–water partition coefficient (Wildman–Crippen LogP) is 2.14. The lowest BCUT2D eigenvalue weighted by Gasteiger charge is -2.16. The van der Waals surface area contributed by atoms with Crippen LogP contribution in [-0.2, 0) is 12.0 Å². The maximum absolute atomic E-state index is 5.46. The van der Waals surface area contributed by atoms with Gasteiger partial charge >= 0.3 is 0 Å². The second-order valence-corrected chi connectivity index (χ2v) is 4.94. The second-order valence-electron chi connectivity index (χ2n) is 4.94. The highest BCUT2D eigenvalue weighted by atomic mass is 16.5. The van der Waals surface area contributed by atoms with Gasteiger partial charge in [0.15, 0.2) is 5.82 Å². The van der Waals surface area contributed by atoms with Gasteiger partial charge in [0.1, 0.15) is 6.61 Å². The molecule has 5 heteroatoms. The molecule has 0 saturated carbocycles. The fourth-order valence-electron chi connectivity index (χ4n) is 1.32. The molecule has 0 aromatic carbocycles. The molecule has 0 bridgehead atoms. The molecule has 0 atom stereocenters. The van der Waals surface area contributed by atoms with Crippen molar-refractivity contribution in [3.8, 4) is 5.88 Å². The zero-order valence-corrected chi connectivity index (χ0v) is 10.8. The first kappa shape index (κ1) is 12.4. The first-order valence-corrected chi connectivity index (χ1v) is 5.77. The summed E-state index contributed by atoms with van der Waals surface area (Å²) in [5.41, 5.74) is 0.930. The average molecular weight is 244 g/mol.